The summed E-state index contributed by atoms with van der Waals surface area (Å²) < 4.78 is 1.85. The van der Waals surface area contributed by atoms with Gasteiger partial charge in [-0.2, -0.15) is 9.61 Å². The van der Waals surface area contributed by atoms with Crippen molar-refractivity contribution < 1.29 is 9.90 Å². The smallest absolute Gasteiger partial charge is 0.335 e. The normalized spacial score (nSPS) is 14.8. The molecule has 0 saturated carbocycles. The molecule has 31 heavy (non-hydrogen) atoms. The standard InChI is InChI=1S/C23H22N6O2/c30-23(31)19-5-1-4-18(13-19)20-14-22(29-21(26-20)6-8-25-29)28-11-9-27(10-12-28)16-17-3-2-7-24-15-17/h1-8,13-15H,9-12,16H2,(H,30,31). The third-order valence-corrected chi connectivity index (χ3v) is 5.57. The van der Waals surface area contributed by atoms with Crippen LogP contribution in [0, 0.1) is 0 Å². The van der Waals surface area contributed by atoms with Gasteiger partial charge in [0.05, 0.1) is 17.5 Å². The fourth-order valence-corrected chi connectivity index (χ4v) is 3.97. The number of rotatable bonds is 5. The van der Waals surface area contributed by atoms with Crippen molar-refractivity contribution in [2.75, 3.05) is 31.1 Å². The van der Waals surface area contributed by atoms with E-state index in [0.29, 0.717) is 0 Å². The van der Waals surface area contributed by atoms with E-state index in [4.69, 9.17) is 4.98 Å². The van der Waals surface area contributed by atoms with Crippen LogP contribution < -0.4 is 4.90 Å². The van der Waals surface area contributed by atoms with Gasteiger partial charge < -0.3 is 10.0 Å². The number of anilines is 1. The predicted octanol–water partition coefficient (Wildman–Crippen LogP) is 2.81. The van der Waals surface area contributed by atoms with E-state index < -0.39 is 5.97 Å². The monoisotopic (exact) mass is 414 g/mol. The van der Waals surface area contributed by atoms with E-state index in [1.54, 1.807) is 30.6 Å². The second-order valence-corrected chi connectivity index (χ2v) is 7.61. The van der Waals surface area contributed by atoms with Crippen molar-refractivity contribution in [1.82, 2.24) is 24.5 Å². The third kappa shape index (κ3) is 3.97. The highest BCUT2D eigenvalue weighted by atomic mass is 16.4. The Morgan fingerprint density at radius 2 is 1.87 bits per heavy atom. The van der Waals surface area contributed by atoms with Crippen LogP contribution in [0.1, 0.15) is 15.9 Å². The van der Waals surface area contributed by atoms with Crippen molar-refractivity contribution >= 4 is 17.4 Å². The van der Waals surface area contributed by atoms with Gasteiger partial charge in [0.15, 0.2) is 5.65 Å². The first kappa shape index (κ1) is 19.2. The zero-order valence-corrected chi connectivity index (χ0v) is 16.9. The molecule has 1 N–H and O–H groups in total. The van der Waals surface area contributed by atoms with Crippen molar-refractivity contribution in [1.29, 1.82) is 0 Å². The number of carbonyl (C=O) groups is 1. The number of piperazine rings is 1. The molecule has 3 aromatic heterocycles. The fraction of sp³-hybridized carbons (Fsp3) is 0.217. The van der Waals surface area contributed by atoms with E-state index in [1.807, 2.05) is 35.0 Å². The van der Waals surface area contributed by atoms with Gasteiger partial charge in [0.1, 0.15) is 5.82 Å². The topological polar surface area (TPSA) is 86.9 Å². The van der Waals surface area contributed by atoms with E-state index >= 15 is 0 Å². The Morgan fingerprint density at radius 3 is 2.65 bits per heavy atom. The number of nitrogens with zero attached hydrogens (tertiary/aromatic N) is 6. The lowest BCUT2D eigenvalue weighted by molar-refractivity contribution is 0.0697. The molecule has 156 valence electrons. The Labute approximate surface area is 179 Å². The van der Waals surface area contributed by atoms with Gasteiger partial charge in [0, 0.05) is 62.8 Å². The average Bonchev–Trinajstić information content (AvgIpc) is 3.29. The molecule has 0 bridgehead atoms. The highest BCUT2D eigenvalue weighted by Crippen LogP contribution is 2.26. The van der Waals surface area contributed by atoms with Gasteiger partial charge in [-0.25, -0.2) is 9.78 Å². The van der Waals surface area contributed by atoms with Gasteiger partial charge in [0.2, 0.25) is 0 Å². The van der Waals surface area contributed by atoms with Crippen LogP contribution in [0.3, 0.4) is 0 Å². The molecule has 1 aliphatic rings. The van der Waals surface area contributed by atoms with Crippen LogP contribution in [0.5, 0.6) is 0 Å². The quantitative estimate of drug-likeness (QED) is 0.537. The molecule has 1 fully saturated rings. The fourth-order valence-electron chi connectivity index (χ4n) is 3.97. The highest BCUT2D eigenvalue weighted by Gasteiger charge is 2.21. The number of fused-ring (bicyclic) bond motifs is 1. The number of carboxylic acids is 1. The summed E-state index contributed by atoms with van der Waals surface area (Å²) in [7, 11) is 0. The Morgan fingerprint density at radius 1 is 1.00 bits per heavy atom. The number of aromatic nitrogens is 4. The molecular formula is C23H22N6O2. The average molecular weight is 414 g/mol. The van der Waals surface area contributed by atoms with Gasteiger partial charge in [-0.3, -0.25) is 9.88 Å². The molecule has 0 atom stereocenters. The summed E-state index contributed by atoms with van der Waals surface area (Å²) in [5.41, 5.74) is 3.73. The number of aromatic carboxylic acids is 1. The molecule has 0 amide bonds. The minimum atomic E-state index is -0.947. The largest absolute Gasteiger partial charge is 0.478 e. The molecule has 0 unspecified atom stereocenters. The number of carboxylic acid groups (broad SMARTS) is 1. The van der Waals surface area contributed by atoms with E-state index in [0.717, 1.165) is 55.4 Å². The van der Waals surface area contributed by atoms with Gasteiger partial charge >= 0.3 is 5.97 Å². The summed E-state index contributed by atoms with van der Waals surface area (Å²) in [5.74, 6) is 0.0176. The van der Waals surface area contributed by atoms with Crippen LogP contribution in [0.4, 0.5) is 5.82 Å². The Kier molecular flexibility index (Phi) is 5.05. The van der Waals surface area contributed by atoms with Crippen LogP contribution in [0.2, 0.25) is 0 Å². The number of hydrogen-bond acceptors (Lipinski definition) is 6. The first-order valence-electron chi connectivity index (χ1n) is 10.2. The first-order chi connectivity index (χ1) is 15.2. The van der Waals surface area contributed by atoms with E-state index in [-0.39, 0.29) is 5.56 Å². The maximum atomic E-state index is 11.4. The predicted molar refractivity (Wildman–Crippen MR) is 117 cm³/mol. The lowest BCUT2D eigenvalue weighted by atomic mass is 10.1. The second-order valence-electron chi connectivity index (χ2n) is 7.61. The van der Waals surface area contributed by atoms with Gasteiger partial charge in [-0.15, -0.1) is 0 Å². The zero-order valence-electron chi connectivity index (χ0n) is 16.9. The Bertz CT molecular complexity index is 1220. The molecule has 1 saturated heterocycles. The third-order valence-electron chi connectivity index (χ3n) is 5.57. The van der Waals surface area contributed by atoms with Crippen molar-refractivity contribution in [3.8, 4) is 11.3 Å². The van der Waals surface area contributed by atoms with Crippen LogP contribution in [-0.2, 0) is 6.54 Å². The lowest BCUT2D eigenvalue weighted by Crippen LogP contribution is -2.46. The molecule has 1 aromatic carbocycles. The molecule has 8 heteroatoms. The summed E-state index contributed by atoms with van der Waals surface area (Å²) in [4.78, 5) is 25.0. The summed E-state index contributed by atoms with van der Waals surface area (Å²) in [6.45, 7) is 4.50. The van der Waals surface area contributed by atoms with Crippen molar-refractivity contribution in [2.45, 2.75) is 6.54 Å². The van der Waals surface area contributed by atoms with Crippen molar-refractivity contribution in [2.24, 2.45) is 0 Å². The molecule has 0 radical (unpaired) electrons. The van der Waals surface area contributed by atoms with Gasteiger partial charge in [0.25, 0.3) is 0 Å². The van der Waals surface area contributed by atoms with E-state index in [9.17, 15) is 9.90 Å². The van der Waals surface area contributed by atoms with Crippen LogP contribution in [0.15, 0.2) is 67.1 Å². The lowest BCUT2D eigenvalue weighted by Gasteiger charge is -2.36. The minimum Gasteiger partial charge on any atom is -0.478 e. The number of pyridine rings is 1. The first-order valence-corrected chi connectivity index (χ1v) is 10.2. The molecule has 8 nitrogen and oxygen atoms in total. The molecule has 0 aliphatic carbocycles. The molecule has 5 rings (SSSR count). The van der Waals surface area contributed by atoms with Gasteiger partial charge in [-0.05, 0) is 23.8 Å². The summed E-state index contributed by atoms with van der Waals surface area (Å²) >= 11 is 0. The molecular weight excluding hydrogens is 392 g/mol. The van der Waals surface area contributed by atoms with E-state index in [1.165, 1.54) is 5.56 Å². The van der Waals surface area contributed by atoms with Crippen molar-refractivity contribution in [3.05, 3.63) is 78.2 Å². The van der Waals surface area contributed by atoms with Gasteiger partial charge in [-0.1, -0.05) is 18.2 Å². The van der Waals surface area contributed by atoms with Crippen molar-refractivity contribution in [3.63, 3.8) is 0 Å². The van der Waals surface area contributed by atoms with E-state index in [2.05, 4.69) is 25.9 Å². The maximum Gasteiger partial charge on any atom is 0.335 e. The Hall–Kier alpha value is -3.78. The second kappa shape index (κ2) is 8.16. The number of benzene rings is 1. The Balaban J connectivity index is 1.41. The van der Waals surface area contributed by atoms with Crippen LogP contribution in [-0.4, -0.2) is 61.7 Å². The molecule has 0 spiro atoms. The molecule has 4 aromatic rings. The molecule has 4 heterocycles. The SMILES string of the molecule is O=C(O)c1cccc(-c2cc(N3CCN(Cc4cccnc4)CC3)n3nccc3n2)c1. The summed E-state index contributed by atoms with van der Waals surface area (Å²) in [5, 5.41) is 13.8. The van der Waals surface area contributed by atoms with Crippen LogP contribution >= 0.6 is 0 Å². The summed E-state index contributed by atoms with van der Waals surface area (Å²) in [6, 6.07) is 14.8. The molecule has 1 aliphatic heterocycles. The minimum absolute atomic E-state index is 0.248. The summed E-state index contributed by atoms with van der Waals surface area (Å²) in [6.07, 6.45) is 5.45. The maximum absolute atomic E-state index is 11.4. The zero-order chi connectivity index (χ0) is 21.2. The number of hydrogen-bond donors (Lipinski definition) is 1. The highest BCUT2D eigenvalue weighted by molar-refractivity contribution is 5.89. The van der Waals surface area contributed by atoms with Crippen LogP contribution in [0.25, 0.3) is 16.9 Å².